The van der Waals surface area contributed by atoms with E-state index in [-0.39, 0.29) is 0 Å². The fraction of sp³-hybridized carbons (Fsp3) is 0.200. The molecule has 1 atom stereocenters. The molecule has 0 saturated heterocycles. The van der Waals surface area contributed by atoms with Crippen LogP contribution in [0.15, 0.2) is 60.8 Å². The summed E-state index contributed by atoms with van der Waals surface area (Å²) in [6, 6.07) is 18.6. The maximum absolute atomic E-state index is 6.21. The Morgan fingerprint density at radius 3 is 2.80 bits per heavy atom. The summed E-state index contributed by atoms with van der Waals surface area (Å²) >= 11 is 6.21. The molecule has 2 heterocycles. The molecule has 0 spiro atoms. The van der Waals surface area contributed by atoms with Gasteiger partial charge in [0.1, 0.15) is 5.82 Å². The predicted octanol–water partition coefficient (Wildman–Crippen LogP) is 4.82. The van der Waals surface area contributed by atoms with Crippen LogP contribution in [-0.4, -0.2) is 16.0 Å². The quantitative estimate of drug-likeness (QED) is 0.732. The summed E-state index contributed by atoms with van der Waals surface area (Å²) in [6.45, 7) is 2.81. The van der Waals surface area contributed by atoms with Gasteiger partial charge in [-0.15, -0.1) is 0 Å². The van der Waals surface area contributed by atoms with E-state index in [0.717, 1.165) is 22.8 Å². The third-order valence-electron chi connectivity index (χ3n) is 4.49. The molecule has 0 radical (unpaired) electrons. The molecule has 3 aromatic rings. The molecule has 4 rings (SSSR count). The number of nitrogens with one attached hydrogen (secondary N) is 1. The zero-order valence-electron chi connectivity index (χ0n) is 14.0. The highest BCUT2D eigenvalue weighted by Gasteiger charge is 2.27. The number of halogens is 1. The third kappa shape index (κ3) is 3.17. The molecule has 1 unspecified atom stereocenters. The number of rotatable bonds is 4. The van der Waals surface area contributed by atoms with Crippen LogP contribution in [0.4, 0.5) is 17.5 Å². The topological polar surface area (TPSA) is 41.1 Å². The number of benzene rings is 2. The van der Waals surface area contributed by atoms with Crippen molar-refractivity contribution < 1.29 is 0 Å². The van der Waals surface area contributed by atoms with E-state index in [4.69, 9.17) is 16.6 Å². The van der Waals surface area contributed by atoms with Gasteiger partial charge in [0.15, 0.2) is 0 Å². The van der Waals surface area contributed by atoms with Crippen LogP contribution in [0.3, 0.4) is 0 Å². The van der Waals surface area contributed by atoms with E-state index in [2.05, 4.69) is 46.4 Å². The van der Waals surface area contributed by atoms with Crippen LogP contribution in [-0.2, 0) is 13.0 Å². The van der Waals surface area contributed by atoms with Crippen molar-refractivity contribution in [3.63, 3.8) is 0 Å². The SMILES string of the molecule is CC1Cc2ccccc2N1c1ccnc(NCc2ccccc2Cl)n1. The Hall–Kier alpha value is -2.59. The number of hydrogen-bond acceptors (Lipinski definition) is 4. The summed E-state index contributed by atoms with van der Waals surface area (Å²) < 4.78 is 0. The second-order valence-electron chi connectivity index (χ2n) is 6.24. The van der Waals surface area contributed by atoms with Gasteiger partial charge in [0, 0.05) is 29.5 Å². The molecule has 126 valence electrons. The minimum Gasteiger partial charge on any atom is -0.350 e. The van der Waals surface area contributed by atoms with Crippen LogP contribution in [0, 0.1) is 0 Å². The van der Waals surface area contributed by atoms with E-state index in [9.17, 15) is 0 Å². The van der Waals surface area contributed by atoms with Crippen molar-refractivity contribution >= 4 is 29.1 Å². The average molecular weight is 351 g/mol. The first-order chi connectivity index (χ1) is 12.2. The largest absolute Gasteiger partial charge is 0.350 e. The molecule has 5 heteroatoms. The molecule has 1 aliphatic rings. The standard InChI is InChI=1S/C20H19ClN4/c1-14-12-15-6-3-5-9-18(15)25(14)19-10-11-22-20(24-19)23-13-16-7-2-4-8-17(16)21/h2-11,14H,12-13H2,1H3,(H,22,23,24). The third-order valence-corrected chi connectivity index (χ3v) is 4.86. The lowest BCUT2D eigenvalue weighted by Gasteiger charge is -2.24. The van der Waals surface area contributed by atoms with E-state index in [1.807, 2.05) is 30.3 Å². The van der Waals surface area contributed by atoms with Gasteiger partial charge in [-0.3, -0.25) is 0 Å². The Morgan fingerprint density at radius 2 is 1.92 bits per heavy atom. The Morgan fingerprint density at radius 1 is 1.12 bits per heavy atom. The minimum atomic E-state index is 0.378. The maximum Gasteiger partial charge on any atom is 0.224 e. The number of aromatic nitrogens is 2. The fourth-order valence-electron chi connectivity index (χ4n) is 3.30. The first kappa shape index (κ1) is 15.9. The van der Waals surface area contributed by atoms with E-state index in [0.29, 0.717) is 18.5 Å². The second kappa shape index (κ2) is 6.73. The Balaban J connectivity index is 1.57. The number of anilines is 3. The smallest absolute Gasteiger partial charge is 0.224 e. The summed E-state index contributed by atoms with van der Waals surface area (Å²) in [5.74, 6) is 1.52. The highest BCUT2D eigenvalue weighted by Crippen LogP contribution is 2.37. The molecule has 0 fully saturated rings. The van der Waals surface area contributed by atoms with Gasteiger partial charge in [-0.1, -0.05) is 48.0 Å². The minimum absolute atomic E-state index is 0.378. The lowest BCUT2D eigenvalue weighted by atomic mass is 10.1. The van der Waals surface area contributed by atoms with Crippen molar-refractivity contribution in [2.24, 2.45) is 0 Å². The van der Waals surface area contributed by atoms with Gasteiger partial charge < -0.3 is 10.2 Å². The highest BCUT2D eigenvalue weighted by atomic mass is 35.5. The van der Waals surface area contributed by atoms with Gasteiger partial charge in [0.25, 0.3) is 0 Å². The van der Waals surface area contributed by atoms with Crippen molar-refractivity contribution in [2.45, 2.75) is 25.9 Å². The van der Waals surface area contributed by atoms with Gasteiger partial charge in [-0.05, 0) is 42.7 Å². The summed E-state index contributed by atoms with van der Waals surface area (Å²) in [5.41, 5.74) is 3.61. The summed E-state index contributed by atoms with van der Waals surface area (Å²) in [5, 5.41) is 4.01. The zero-order chi connectivity index (χ0) is 17.2. The van der Waals surface area contributed by atoms with Crippen LogP contribution in [0.1, 0.15) is 18.1 Å². The second-order valence-corrected chi connectivity index (χ2v) is 6.64. The molecule has 0 bridgehead atoms. The number of hydrogen-bond donors (Lipinski definition) is 1. The monoisotopic (exact) mass is 350 g/mol. The summed E-state index contributed by atoms with van der Waals surface area (Å²) in [7, 11) is 0. The Kier molecular flexibility index (Phi) is 4.28. The van der Waals surface area contributed by atoms with Crippen LogP contribution >= 0.6 is 11.6 Å². The molecule has 0 aliphatic carbocycles. The Bertz CT molecular complexity index is 896. The number of para-hydroxylation sites is 1. The molecule has 0 saturated carbocycles. The molecule has 4 nitrogen and oxygen atoms in total. The van der Waals surface area contributed by atoms with Crippen LogP contribution in [0.25, 0.3) is 0 Å². The molecule has 1 aliphatic heterocycles. The van der Waals surface area contributed by atoms with Gasteiger partial charge >= 0.3 is 0 Å². The Labute approximate surface area is 152 Å². The van der Waals surface area contributed by atoms with Crippen LogP contribution in [0.2, 0.25) is 5.02 Å². The van der Waals surface area contributed by atoms with Gasteiger partial charge in [0.2, 0.25) is 5.95 Å². The highest BCUT2D eigenvalue weighted by molar-refractivity contribution is 6.31. The van der Waals surface area contributed by atoms with Crippen molar-refractivity contribution in [3.05, 3.63) is 76.9 Å². The van der Waals surface area contributed by atoms with E-state index >= 15 is 0 Å². The summed E-state index contributed by atoms with van der Waals surface area (Å²) in [6.07, 6.45) is 2.83. The van der Waals surface area contributed by atoms with Crippen LogP contribution in [0.5, 0.6) is 0 Å². The van der Waals surface area contributed by atoms with Crippen molar-refractivity contribution in [1.29, 1.82) is 0 Å². The molecule has 25 heavy (non-hydrogen) atoms. The molecule has 2 aromatic carbocycles. The lowest BCUT2D eigenvalue weighted by molar-refractivity contribution is 0.749. The lowest BCUT2D eigenvalue weighted by Crippen LogP contribution is -2.25. The first-order valence-electron chi connectivity index (χ1n) is 8.40. The maximum atomic E-state index is 6.21. The van der Waals surface area contributed by atoms with Gasteiger partial charge in [-0.25, -0.2) is 4.98 Å². The van der Waals surface area contributed by atoms with Gasteiger partial charge in [-0.2, -0.15) is 4.98 Å². The predicted molar refractivity (Wildman–Crippen MR) is 103 cm³/mol. The first-order valence-corrected chi connectivity index (χ1v) is 8.77. The van der Waals surface area contributed by atoms with E-state index in [1.165, 1.54) is 11.3 Å². The van der Waals surface area contributed by atoms with E-state index in [1.54, 1.807) is 6.20 Å². The van der Waals surface area contributed by atoms with Gasteiger partial charge in [0.05, 0.1) is 0 Å². The van der Waals surface area contributed by atoms with Crippen LogP contribution < -0.4 is 10.2 Å². The fourth-order valence-corrected chi connectivity index (χ4v) is 3.50. The number of fused-ring (bicyclic) bond motifs is 1. The molecule has 1 aromatic heterocycles. The number of nitrogens with zero attached hydrogens (tertiary/aromatic N) is 3. The zero-order valence-corrected chi connectivity index (χ0v) is 14.7. The average Bonchev–Trinajstić information content (AvgIpc) is 2.97. The van der Waals surface area contributed by atoms with E-state index < -0.39 is 0 Å². The van der Waals surface area contributed by atoms with Crippen molar-refractivity contribution in [3.8, 4) is 0 Å². The normalized spacial score (nSPS) is 15.9. The molecule has 0 amide bonds. The molecular weight excluding hydrogens is 332 g/mol. The van der Waals surface area contributed by atoms with Crippen molar-refractivity contribution in [1.82, 2.24) is 9.97 Å². The molecular formula is C20H19ClN4. The van der Waals surface area contributed by atoms with Crippen molar-refractivity contribution in [2.75, 3.05) is 10.2 Å². The molecule has 1 N–H and O–H groups in total. The summed E-state index contributed by atoms with van der Waals surface area (Å²) in [4.78, 5) is 11.3.